The molecular weight excluding hydrogens is 242 g/mol. The number of rotatable bonds is 7. The highest BCUT2D eigenvalue weighted by Crippen LogP contribution is 2.16. The number of aryl methyl sites for hydroxylation is 1. The number of carbonyl (C=O) groups is 2. The highest BCUT2D eigenvalue weighted by Gasteiger charge is 2.11. The number of carboxylic acids is 1. The smallest absolute Gasteiger partial charge is 0.303 e. The first-order valence-corrected chi connectivity index (χ1v) is 6.57. The molecule has 2 N–H and O–H groups in total. The van der Waals surface area contributed by atoms with Gasteiger partial charge in [-0.2, -0.15) is 0 Å². The van der Waals surface area contributed by atoms with Gasteiger partial charge in [0.2, 0.25) is 5.91 Å². The Labute approximate surface area is 113 Å². The van der Waals surface area contributed by atoms with Crippen LogP contribution in [0.15, 0.2) is 24.3 Å². The first-order valence-electron chi connectivity index (χ1n) is 6.57. The topological polar surface area (TPSA) is 66.4 Å². The Morgan fingerprint density at radius 1 is 1.21 bits per heavy atom. The second-order valence-corrected chi connectivity index (χ2v) is 4.75. The van der Waals surface area contributed by atoms with Crippen LogP contribution in [0.25, 0.3) is 0 Å². The standard InChI is InChI=1S/C15H21NO3/c1-11-7-3-4-8-13(11)12(2)16-14(17)9-5-6-10-15(18)19/h3-4,7-8,12H,5-6,9-10H2,1-2H3,(H,16,17)(H,18,19)/t12-/m1/s1. The molecule has 0 heterocycles. The predicted molar refractivity (Wildman–Crippen MR) is 73.8 cm³/mol. The SMILES string of the molecule is Cc1ccccc1[C@@H](C)NC(=O)CCCCC(=O)O. The number of hydrogen-bond acceptors (Lipinski definition) is 2. The fraction of sp³-hybridized carbons (Fsp3) is 0.467. The third kappa shape index (κ3) is 5.55. The van der Waals surface area contributed by atoms with Crippen molar-refractivity contribution >= 4 is 11.9 Å². The lowest BCUT2D eigenvalue weighted by Crippen LogP contribution is -2.26. The molecule has 19 heavy (non-hydrogen) atoms. The van der Waals surface area contributed by atoms with Crippen LogP contribution in [-0.2, 0) is 9.59 Å². The van der Waals surface area contributed by atoms with Crippen molar-refractivity contribution in [1.82, 2.24) is 5.32 Å². The molecule has 0 fully saturated rings. The lowest BCUT2D eigenvalue weighted by Gasteiger charge is -2.16. The number of benzene rings is 1. The van der Waals surface area contributed by atoms with Crippen molar-refractivity contribution in [2.75, 3.05) is 0 Å². The average molecular weight is 263 g/mol. The minimum absolute atomic E-state index is 0.0202. The van der Waals surface area contributed by atoms with E-state index in [-0.39, 0.29) is 18.4 Å². The van der Waals surface area contributed by atoms with E-state index < -0.39 is 5.97 Å². The van der Waals surface area contributed by atoms with Crippen molar-refractivity contribution < 1.29 is 14.7 Å². The Hall–Kier alpha value is -1.84. The number of hydrogen-bond donors (Lipinski definition) is 2. The van der Waals surface area contributed by atoms with Gasteiger partial charge in [-0.15, -0.1) is 0 Å². The third-order valence-corrected chi connectivity index (χ3v) is 3.08. The maximum Gasteiger partial charge on any atom is 0.303 e. The van der Waals surface area contributed by atoms with E-state index in [1.807, 2.05) is 38.1 Å². The predicted octanol–water partition coefficient (Wildman–Crippen LogP) is 2.82. The van der Waals surface area contributed by atoms with Crippen molar-refractivity contribution in [3.63, 3.8) is 0 Å². The largest absolute Gasteiger partial charge is 0.481 e. The van der Waals surface area contributed by atoms with Gasteiger partial charge in [0.1, 0.15) is 0 Å². The molecule has 1 aromatic carbocycles. The Morgan fingerprint density at radius 3 is 2.47 bits per heavy atom. The minimum atomic E-state index is -0.811. The van der Waals surface area contributed by atoms with Gasteiger partial charge in [-0.25, -0.2) is 0 Å². The number of aliphatic carboxylic acids is 1. The summed E-state index contributed by atoms with van der Waals surface area (Å²) in [4.78, 5) is 22.1. The number of nitrogens with one attached hydrogen (secondary N) is 1. The molecule has 1 aromatic rings. The van der Waals surface area contributed by atoms with Crippen molar-refractivity contribution in [2.45, 2.75) is 45.6 Å². The van der Waals surface area contributed by atoms with Crippen LogP contribution in [0.3, 0.4) is 0 Å². The normalized spacial score (nSPS) is 11.9. The summed E-state index contributed by atoms with van der Waals surface area (Å²) >= 11 is 0. The third-order valence-electron chi connectivity index (χ3n) is 3.08. The first kappa shape index (κ1) is 15.2. The molecular formula is C15H21NO3. The highest BCUT2D eigenvalue weighted by atomic mass is 16.4. The van der Waals surface area contributed by atoms with Crippen molar-refractivity contribution in [3.8, 4) is 0 Å². The molecule has 0 bridgehead atoms. The molecule has 0 aliphatic rings. The molecule has 0 unspecified atom stereocenters. The zero-order chi connectivity index (χ0) is 14.3. The summed E-state index contributed by atoms with van der Waals surface area (Å²) in [5, 5.41) is 11.4. The van der Waals surface area contributed by atoms with E-state index in [4.69, 9.17) is 5.11 Å². The van der Waals surface area contributed by atoms with E-state index in [0.29, 0.717) is 19.3 Å². The van der Waals surface area contributed by atoms with Gasteiger partial charge in [-0.3, -0.25) is 9.59 Å². The monoisotopic (exact) mass is 263 g/mol. The molecule has 4 heteroatoms. The lowest BCUT2D eigenvalue weighted by atomic mass is 10.0. The molecule has 1 atom stereocenters. The Morgan fingerprint density at radius 2 is 1.84 bits per heavy atom. The van der Waals surface area contributed by atoms with E-state index in [9.17, 15) is 9.59 Å². The molecule has 4 nitrogen and oxygen atoms in total. The molecule has 0 aliphatic carbocycles. The zero-order valence-corrected chi connectivity index (χ0v) is 11.5. The van der Waals surface area contributed by atoms with Gasteiger partial charge in [0.25, 0.3) is 0 Å². The average Bonchev–Trinajstić information content (AvgIpc) is 2.35. The van der Waals surface area contributed by atoms with E-state index in [1.54, 1.807) is 0 Å². The quantitative estimate of drug-likeness (QED) is 0.743. The van der Waals surface area contributed by atoms with Crippen molar-refractivity contribution in [2.24, 2.45) is 0 Å². The molecule has 0 aromatic heterocycles. The maximum absolute atomic E-state index is 11.7. The molecule has 0 aliphatic heterocycles. The number of carboxylic acid groups (broad SMARTS) is 1. The van der Waals surface area contributed by atoms with E-state index in [2.05, 4.69) is 5.32 Å². The Balaban J connectivity index is 2.36. The van der Waals surface area contributed by atoms with Gasteiger partial charge in [-0.05, 0) is 37.8 Å². The summed E-state index contributed by atoms with van der Waals surface area (Å²) in [7, 11) is 0. The van der Waals surface area contributed by atoms with E-state index in [1.165, 1.54) is 0 Å². The van der Waals surface area contributed by atoms with E-state index >= 15 is 0 Å². The van der Waals surface area contributed by atoms with Crippen LogP contribution in [-0.4, -0.2) is 17.0 Å². The number of unbranched alkanes of at least 4 members (excludes halogenated alkanes) is 1. The van der Waals surface area contributed by atoms with Gasteiger partial charge >= 0.3 is 5.97 Å². The second kappa shape index (κ2) is 7.56. The lowest BCUT2D eigenvalue weighted by molar-refractivity contribution is -0.137. The van der Waals surface area contributed by atoms with Gasteiger partial charge in [0.15, 0.2) is 0 Å². The minimum Gasteiger partial charge on any atom is -0.481 e. The summed E-state index contributed by atoms with van der Waals surface area (Å²) in [6.07, 6.45) is 1.66. The zero-order valence-electron chi connectivity index (χ0n) is 11.5. The van der Waals surface area contributed by atoms with Gasteiger partial charge in [-0.1, -0.05) is 24.3 Å². The van der Waals surface area contributed by atoms with Crippen molar-refractivity contribution in [3.05, 3.63) is 35.4 Å². The Bertz CT molecular complexity index is 443. The van der Waals surface area contributed by atoms with Crippen LogP contribution < -0.4 is 5.32 Å². The summed E-state index contributed by atoms with van der Waals surface area (Å²) in [6.45, 7) is 3.97. The first-order chi connectivity index (χ1) is 9.00. The van der Waals surface area contributed by atoms with Crippen LogP contribution in [0.2, 0.25) is 0 Å². The molecule has 0 saturated heterocycles. The van der Waals surface area contributed by atoms with Crippen LogP contribution in [0, 0.1) is 6.92 Å². The van der Waals surface area contributed by atoms with Crippen LogP contribution >= 0.6 is 0 Å². The Kier molecular flexibility index (Phi) is 6.06. The van der Waals surface area contributed by atoms with Crippen LogP contribution in [0.1, 0.15) is 49.8 Å². The summed E-state index contributed by atoms with van der Waals surface area (Å²) in [5.74, 6) is -0.838. The second-order valence-electron chi connectivity index (χ2n) is 4.75. The van der Waals surface area contributed by atoms with Crippen molar-refractivity contribution in [1.29, 1.82) is 0 Å². The number of amides is 1. The van der Waals surface area contributed by atoms with Crippen LogP contribution in [0.4, 0.5) is 0 Å². The summed E-state index contributed by atoms with van der Waals surface area (Å²) in [6, 6.07) is 7.93. The molecule has 1 amide bonds. The summed E-state index contributed by atoms with van der Waals surface area (Å²) < 4.78 is 0. The fourth-order valence-electron chi connectivity index (χ4n) is 2.03. The molecule has 0 saturated carbocycles. The summed E-state index contributed by atoms with van der Waals surface area (Å²) in [5.41, 5.74) is 2.27. The number of carbonyl (C=O) groups excluding carboxylic acids is 1. The maximum atomic E-state index is 11.7. The molecule has 0 radical (unpaired) electrons. The molecule has 104 valence electrons. The van der Waals surface area contributed by atoms with Gasteiger partial charge < -0.3 is 10.4 Å². The van der Waals surface area contributed by atoms with Crippen LogP contribution in [0.5, 0.6) is 0 Å². The fourth-order valence-corrected chi connectivity index (χ4v) is 2.03. The van der Waals surface area contributed by atoms with Gasteiger partial charge in [0, 0.05) is 12.8 Å². The molecule has 0 spiro atoms. The van der Waals surface area contributed by atoms with Gasteiger partial charge in [0.05, 0.1) is 6.04 Å². The molecule has 1 rings (SSSR count). The highest BCUT2D eigenvalue weighted by molar-refractivity contribution is 5.76. The van der Waals surface area contributed by atoms with E-state index in [0.717, 1.165) is 11.1 Å².